The summed E-state index contributed by atoms with van der Waals surface area (Å²) in [6, 6.07) is 6.64. The van der Waals surface area contributed by atoms with Crippen molar-refractivity contribution in [2.75, 3.05) is 6.61 Å². The highest BCUT2D eigenvalue weighted by Gasteiger charge is 2.20. The fourth-order valence-electron chi connectivity index (χ4n) is 3.12. The fraction of sp³-hybridized carbons (Fsp3) is 0.500. The summed E-state index contributed by atoms with van der Waals surface area (Å²) in [4.78, 5) is 28.1. The van der Waals surface area contributed by atoms with Crippen LogP contribution in [-0.4, -0.2) is 34.7 Å². The number of carbonyl (C=O) groups is 2. The van der Waals surface area contributed by atoms with Gasteiger partial charge in [0.1, 0.15) is 5.75 Å². The molecule has 1 heterocycles. The Balaban J connectivity index is 1.40. The van der Waals surface area contributed by atoms with Crippen molar-refractivity contribution in [3.05, 3.63) is 41.5 Å². The lowest BCUT2D eigenvalue weighted by Gasteiger charge is -2.26. The smallest absolute Gasteiger partial charge is 0.338 e. The highest BCUT2D eigenvalue weighted by molar-refractivity contribution is 5.91. The topological polar surface area (TPSA) is 104 Å². The van der Waals surface area contributed by atoms with Gasteiger partial charge < -0.3 is 19.3 Å². The molecule has 1 amide bonds. The summed E-state index contributed by atoms with van der Waals surface area (Å²) in [6.07, 6.45) is 4.19. The number of esters is 1. The number of benzene rings is 1. The molecule has 0 unspecified atom stereocenters. The van der Waals surface area contributed by atoms with Gasteiger partial charge in [0.05, 0.1) is 5.56 Å². The van der Waals surface area contributed by atoms with E-state index in [4.69, 9.17) is 14.0 Å². The fourth-order valence-corrected chi connectivity index (χ4v) is 3.12. The Kier molecular flexibility index (Phi) is 6.62. The van der Waals surface area contributed by atoms with Gasteiger partial charge in [0, 0.05) is 13.0 Å². The van der Waals surface area contributed by atoms with Gasteiger partial charge in [0.25, 0.3) is 5.91 Å². The summed E-state index contributed by atoms with van der Waals surface area (Å²) < 4.78 is 15.5. The summed E-state index contributed by atoms with van der Waals surface area (Å²) in [6.45, 7) is 3.82. The monoisotopic (exact) mass is 387 g/mol. The SMILES string of the molecule is Cc1nc(COc2ccc(C(=O)OCC(=O)NC3CCC(C)CC3)cc2)no1. The van der Waals surface area contributed by atoms with Crippen molar-refractivity contribution in [2.45, 2.75) is 52.2 Å². The van der Waals surface area contributed by atoms with E-state index < -0.39 is 5.97 Å². The summed E-state index contributed by atoms with van der Waals surface area (Å²) in [5.41, 5.74) is 0.349. The van der Waals surface area contributed by atoms with Crippen LogP contribution >= 0.6 is 0 Å². The first kappa shape index (κ1) is 19.9. The zero-order chi connectivity index (χ0) is 19.9. The molecule has 1 fully saturated rings. The number of aromatic nitrogens is 2. The van der Waals surface area contributed by atoms with Gasteiger partial charge in [-0.3, -0.25) is 4.79 Å². The van der Waals surface area contributed by atoms with Gasteiger partial charge in [0.15, 0.2) is 13.2 Å². The number of carbonyl (C=O) groups excluding carboxylic acids is 2. The first-order valence-corrected chi connectivity index (χ1v) is 9.48. The number of amides is 1. The maximum absolute atomic E-state index is 12.1. The van der Waals surface area contributed by atoms with E-state index in [1.807, 2.05) is 0 Å². The van der Waals surface area contributed by atoms with Crippen molar-refractivity contribution in [3.63, 3.8) is 0 Å². The highest BCUT2D eigenvalue weighted by Crippen LogP contribution is 2.23. The molecule has 1 aliphatic rings. The lowest BCUT2D eigenvalue weighted by molar-refractivity contribution is -0.125. The van der Waals surface area contributed by atoms with Gasteiger partial charge in [-0.2, -0.15) is 4.98 Å². The molecule has 1 aliphatic carbocycles. The molecular weight excluding hydrogens is 362 g/mol. The van der Waals surface area contributed by atoms with Crippen molar-refractivity contribution in [1.29, 1.82) is 0 Å². The van der Waals surface area contributed by atoms with Gasteiger partial charge in [-0.15, -0.1) is 0 Å². The summed E-state index contributed by atoms with van der Waals surface area (Å²) in [7, 11) is 0. The van der Waals surface area contributed by atoms with Gasteiger partial charge in [0.2, 0.25) is 11.7 Å². The van der Waals surface area contributed by atoms with E-state index in [0.717, 1.165) is 25.7 Å². The van der Waals surface area contributed by atoms with E-state index in [1.165, 1.54) is 0 Å². The van der Waals surface area contributed by atoms with Gasteiger partial charge >= 0.3 is 5.97 Å². The van der Waals surface area contributed by atoms with Crippen LogP contribution in [0.15, 0.2) is 28.8 Å². The second kappa shape index (κ2) is 9.34. The molecule has 1 saturated carbocycles. The summed E-state index contributed by atoms with van der Waals surface area (Å²) in [5.74, 6) is 1.38. The number of hydrogen-bond acceptors (Lipinski definition) is 7. The minimum absolute atomic E-state index is 0.168. The zero-order valence-electron chi connectivity index (χ0n) is 16.1. The van der Waals surface area contributed by atoms with E-state index in [9.17, 15) is 9.59 Å². The molecule has 8 heteroatoms. The van der Waals surface area contributed by atoms with E-state index in [-0.39, 0.29) is 25.2 Å². The second-order valence-corrected chi connectivity index (χ2v) is 7.14. The minimum Gasteiger partial charge on any atom is -0.485 e. The van der Waals surface area contributed by atoms with Gasteiger partial charge in [-0.05, 0) is 55.9 Å². The third-order valence-corrected chi connectivity index (χ3v) is 4.74. The number of rotatable bonds is 7. The van der Waals surface area contributed by atoms with Crippen molar-refractivity contribution >= 4 is 11.9 Å². The van der Waals surface area contributed by atoms with Crippen LogP contribution in [0.3, 0.4) is 0 Å². The molecule has 28 heavy (non-hydrogen) atoms. The molecule has 150 valence electrons. The predicted octanol–water partition coefficient (Wildman–Crippen LogP) is 2.81. The molecule has 0 aliphatic heterocycles. The third kappa shape index (κ3) is 5.80. The molecule has 0 radical (unpaired) electrons. The number of ether oxygens (including phenoxy) is 2. The van der Waals surface area contributed by atoms with E-state index in [2.05, 4.69) is 22.4 Å². The Morgan fingerprint density at radius 3 is 2.54 bits per heavy atom. The molecule has 1 aromatic heterocycles. The lowest BCUT2D eigenvalue weighted by atomic mass is 9.87. The first-order valence-electron chi connectivity index (χ1n) is 9.48. The Morgan fingerprint density at radius 1 is 1.18 bits per heavy atom. The Bertz CT molecular complexity index is 794. The van der Waals surface area contributed by atoms with Crippen LogP contribution in [0.2, 0.25) is 0 Å². The van der Waals surface area contributed by atoms with Crippen LogP contribution < -0.4 is 10.1 Å². The Hall–Kier alpha value is -2.90. The predicted molar refractivity (Wildman–Crippen MR) is 99.7 cm³/mol. The highest BCUT2D eigenvalue weighted by atomic mass is 16.5. The number of aryl methyl sites for hydroxylation is 1. The first-order chi connectivity index (χ1) is 13.5. The van der Waals surface area contributed by atoms with Crippen LogP contribution in [-0.2, 0) is 16.1 Å². The molecule has 0 atom stereocenters. The van der Waals surface area contributed by atoms with E-state index in [1.54, 1.807) is 31.2 Å². The lowest BCUT2D eigenvalue weighted by Crippen LogP contribution is -2.39. The summed E-state index contributed by atoms with van der Waals surface area (Å²) >= 11 is 0. The average Bonchev–Trinajstić information content (AvgIpc) is 3.12. The third-order valence-electron chi connectivity index (χ3n) is 4.74. The second-order valence-electron chi connectivity index (χ2n) is 7.14. The summed E-state index contributed by atoms with van der Waals surface area (Å²) in [5, 5.41) is 6.67. The van der Waals surface area contributed by atoms with Crippen LogP contribution in [0.1, 0.15) is 54.7 Å². The molecule has 1 aromatic carbocycles. The number of nitrogens with one attached hydrogen (secondary N) is 1. The van der Waals surface area contributed by atoms with Crippen molar-refractivity contribution in [3.8, 4) is 5.75 Å². The van der Waals surface area contributed by atoms with Crippen LogP contribution in [0.5, 0.6) is 5.75 Å². The molecular formula is C20H25N3O5. The number of nitrogens with zero attached hydrogens (tertiary/aromatic N) is 2. The molecule has 1 N–H and O–H groups in total. The normalized spacial score (nSPS) is 19.1. The maximum atomic E-state index is 12.1. The minimum atomic E-state index is -0.548. The van der Waals surface area contributed by atoms with Crippen molar-refractivity contribution in [1.82, 2.24) is 15.5 Å². The Labute approximate surface area is 163 Å². The van der Waals surface area contributed by atoms with E-state index >= 15 is 0 Å². The zero-order valence-corrected chi connectivity index (χ0v) is 16.1. The molecule has 3 rings (SSSR count). The van der Waals surface area contributed by atoms with Crippen LogP contribution in [0, 0.1) is 12.8 Å². The molecule has 0 spiro atoms. The standard InChI is InChI=1S/C20H25N3O5/c1-13-3-7-16(8-4-13)22-19(24)12-27-20(25)15-5-9-17(10-6-15)26-11-18-21-14(2)28-23-18/h5-6,9-10,13,16H,3-4,7-8,11-12H2,1-2H3,(H,22,24). The molecule has 2 aromatic rings. The number of hydrogen-bond donors (Lipinski definition) is 1. The van der Waals surface area contributed by atoms with E-state index in [0.29, 0.717) is 28.9 Å². The van der Waals surface area contributed by atoms with Crippen LogP contribution in [0.25, 0.3) is 0 Å². The van der Waals surface area contributed by atoms with Gasteiger partial charge in [-0.25, -0.2) is 4.79 Å². The molecule has 0 saturated heterocycles. The average molecular weight is 387 g/mol. The molecule has 0 bridgehead atoms. The quantitative estimate of drug-likeness (QED) is 0.729. The largest absolute Gasteiger partial charge is 0.485 e. The van der Waals surface area contributed by atoms with Gasteiger partial charge in [-0.1, -0.05) is 12.1 Å². The van der Waals surface area contributed by atoms with Crippen molar-refractivity contribution < 1.29 is 23.6 Å². The Morgan fingerprint density at radius 2 is 1.89 bits per heavy atom. The maximum Gasteiger partial charge on any atom is 0.338 e. The van der Waals surface area contributed by atoms with Crippen LogP contribution in [0.4, 0.5) is 0 Å². The molecule has 8 nitrogen and oxygen atoms in total. The van der Waals surface area contributed by atoms with Crippen molar-refractivity contribution in [2.24, 2.45) is 5.92 Å².